The molecule has 0 aromatic heterocycles. The van der Waals surface area contributed by atoms with Crippen LogP contribution in [0.2, 0.25) is 0 Å². The molecule has 0 atom stereocenters. The Kier molecular flexibility index (Phi) is 3.57. The fraction of sp³-hybridized carbons (Fsp3) is 0.0500. The third kappa shape index (κ3) is 2.54. The zero-order valence-corrected chi connectivity index (χ0v) is 13.1. The minimum atomic E-state index is -5.02. The lowest BCUT2D eigenvalue weighted by Crippen LogP contribution is -2.22. The van der Waals surface area contributed by atoms with E-state index in [1.807, 2.05) is 0 Å². The van der Waals surface area contributed by atoms with E-state index < -0.39 is 23.3 Å². The molecule has 26 heavy (non-hydrogen) atoms. The van der Waals surface area contributed by atoms with Crippen molar-refractivity contribution in [1.82, 2.24) is 0 Å². The van der Waals surface area contributed by atoms with Gasteiger partial charge in [0.2, 0.25) is 0 Å². The maximum atomic E-state index is 13.1. The van der Waals surface area contributed by atoms with E-state index in [0.717, 1.165) is 0 Å². The molecule has 1 aliphatic heterocycles. The number of hydrogen-bond donors (Lipinski definition) is 0. The quantitative estimate of drug-likeness (QED) is 0.321. The fourth-order valence-corrected chi connectivity index (χ4v) is 3.03. The van der Waals surface area contributed by atoms with Crippen molar-refractivity contribution in [2.75, 3.05) is 0 Å². The smallest absolute Gasteiger partial charge is 0.455 e. The molecule has 0 spiro atoms. The first-order valence-electron chi connectivity index (χ1n) is 7.68. The number of halogens is 4. The first-order valence-corrected chi connectivity index (χ1v) is 7.68. The molecule has 1 heterocycles. The van der Waals surface area contributed by atoms with Crippen LogP contribution in [0, 0.1) is 5.82 Å². The number of carbonyl (C=O) groups excluding carboxylic acids is 1. The van der Waals surface area contributed by atoms with Gasteiger partial charge >= 0.3 is 6.18 Å². The van der Waals surface area contributed by atoms with Gasteiger partial charge in [-0.05, 0) is 47.2 Å². The minimum Gasteiger partial charge on any atom is -0.455 e. The monoisotopic (exact) mass is 358 g/mol. The minimum absolute atomic E-state index is 0.129. The van der Waals surface area contributed by atoms with Crippen molar-refractivity contribution in [3.63, 3.8) is 0 Å². The normalized spacial score (nSPS) is 12.0. The summed E-state index contributed by atoms with van der Waals surface area (Å²) in [6.07, 6.45) is -5.02. The molecule has 0 unspecified atom stereocenters. The van der Waals surface area contributed by atoms with Crippen molar-refractivity contribution in [3.8, 4) is 22.6 Å². The van der Waals surface area contributed by atoms with Gasteiger partial charge in [0.15, 0.2) is 0 Å². The molecular formula is C20H10F4O2. The number of rotatable bonds is 2. The highest BCUT2D eigenvalue weighted by Crippen LogP contribution is 2.43. The Morgan fingerprint density at radius 1 is 0.846 bits per heavy atom. The van der Waals surface area contributed by atoms with E-state index in [1.165, 1.54) is 30.3 Å². The van der Waals surface area contributed by atoms with Crippen molar-refractivity contribution in [1.29, 1.82) is 0 Å². The lowest BCUT2D eigenvalue weighted by Gasteiger charge is -2.09. The van der Waals surface area contributed by atoms with Crippen LogP contribution < -0.4 is 0 Å². The summed E-state index contributed by atoms with van der Waals surface area (Å²) in [4.78, 5) is 12.0. The van der Waals surface area contributed by atoms with Crippen LogP contribution in [0.25, 0.3) is 33.4 Å². The Morgan fingerprint density at radius 2 is 1.50 bits per heavy atom. The largest absolute Gasteiger partial charge is 0.455 e. The van der Waals surface area contributed by atoms with E-state index in [9.17, 15) is 22.4 Å². The zero-order chi connectivity index (χ0) is 18.5. The molecule has 0 fully saturated rings. The molecule has 2 aromatic carbocycles. The number of alkyl halides is 3. The Labute approximate surface area is 145 Å². The van der Waals surface area contributed by atoms with E-state index in [-0.39, 0.29) is 16.9 Å². The fourth-order valence-electron chi connectivity index (χ4n) is 3.03. The zero-order valence-electron chi connectivity index (χ0n) is 13.1. The maximum absolute atomic E-state index is 13.1. The lowest BCUT2D eigenvalue weighted by atomic mass is 10.1. The van der Waals surface area contributed by atoms with E-state index in [0.29, 0.717) is 16.5 Å². The van der Waals surface area contributed by atoms with Gasteiger partial charge in [-0.3, -0.25) is 4.79 Å². The summed E-state index contributed by atoms with van der Waals surface area (Å²) in [7, 11) is 0. The van der Waals surface area contributed by atoms with Gasteiger partial charge in [-0.25, -0.2) is 4.39 Å². The van der Waals surface area contributed by atoms with Gasteiger partial charge in [-0.2, -0.15) is 13.2 Å². The van der Waals surface area contributed by atoms with Crippen LogP contribution in [0.4, 0.5) is 17.6 Å². The molecule has 2 nitrogen and oxygen atoms in total. The van der Waals surface area contributed by atoms with Gasteiger partial charge in [-0.15, -0.1) is 0 Å². The standard InChI is InChI=1S/C20H10F4O2/c21-12-7-5-11(6-8-12)16-10-9-15-13-3-1-2-4-14(13)17(18(15)26-16)19(25)20(22,23)24/h1-10H. The molecule has 0 saturated heterocycles. The van der Waals surface area contributed by atoms with Gasteiger partial charge in [-0.1, -0.05) is 24.3 Å². The van der Waals surface area contributed by atoms with Crippen molar-refractivity contribution in [2.45, 2.75) is 6.18 Å². The molecule has 6 heteroatoms. The highest BCUT2D eigenvalue weighted by molar-refractivity contribution is 6.20. The van der Waals surface area contributed by atoms with E-state index in [1.54, 1.807) is 30.3 Å². The molecule has 0 saturated carbocycles. The number of Topliss-reactive ketones (excluding diaryl/α,β-unsaturated/α-hetero) is 1. The Hall–Kier alpha value is -3.15. The first-order chi connectivity index (χ1) is 12.4. The molecule has 0 bridgehead atoms. The number of fused-ring (bicyclic) bond motifs is 3. The molecule has 4 rings (SSSR count). The van der Waals surface area contributed by atoms with Crippen LogP contribution in [-0.4, -0.2) is 12.0 Å². The van der Waals surface area contributed by atoms with E-state index >= 15 is 0 Å². The second kappa shape index (κ2) is 5.69. The van der Waals surface area contributed by atoms with Gasteiger partial charge < -0.3 is 4.42 Å². The van der Waals surface area contributed by atoms with E-state index in [2.05, 4.69) is 0 Å². The Morgan fingerprint density at radius 3 is 2.15 bits per heavy atom. The topological polar surface area (TPSA) is 30.2 Å². The number of benzene rings is 2. The second-order valence-corrected chi connectivity index (χ2v) is 5.80. The van der Waals surface area contributed by atoms with Crippen LogP contribution in [0.3, 0.4) is 0 Å². The third-order valence-electron chi connectivity index (χ3n) is 4.18. The lowest BCUT2D eigenvalue weighted by molar-refractivity contribution is -0.0884. The summed E-state index contributed by atoms with van der Waals surface area (Å²) in [5.41, 5.74) is 0.398. The number of hydrogen-bond acceptors (Lipinski definition) is 2. The molecule has 2 aliphatic rings. The SMILES string of the molecule is O=C(c1c2oc(-c3ccc(F)cc3)ccc-2c2ccccc12)C(F)(F)F. The predicted octanol–water partition coefficient (Wildman–Crippen LogP) is 6.09. The van der Waals surface area contributed by atoms with Crippen LogP contribution in [0.15, 0.2) is 65.1 Å². The molecule has 0 radical (unpaired) electrons. The van der Waals surface area contributed by atoms with Gasteiger partial charge in [0.1, 0.15) is 17.3 Å². The van der Waals surface area contributed by atoms with Crippen LogP contribution in [0.5, 0.6) is 0 Å². The highest BCUT2D eigenvalue weighted by Gasteiger charge is 2.43. The van der Waals surface area contributed by atoms with Crippen LogP contribution in [0.1, 0.15) is 10.4 Å². The van der Waals surface area contributed by atoms with Crippen molar-refractivity contribution >= 4 is 16.6 Å². The maximum Gasteiger partial charge on any atom is 0.455 e. The Balaban J connectivity index is 2.02. The molecule has 130 valence electrons. The van der Waals surface area contributed by atoms with E-state index in [4.69, 9.17) is 4.42 Å². The average Bonchev–Trinajstić information content (AvgIpc) is 2.94. The number of carbonyl (C=O) groups is 1. The van der Waals surface area contributed by atoms with Crippen LogP contribution >= 0.6 is 0 Å². The van der Waals surface area contributed by atoms with Crippen LogP contribution in [-0.2, 0) is 0 Å². The first kappa shape index (κ1) is 16.3. The predicted molar refractivity (Wildman–Crippen MR) is 88.6 cm³/mol. The molecule has 0 amide bonds. The molecule has 1 aliphatic carbocycles. The number of ketones is 1. The van der Waals surface area contributed by atoms with Gasteiger partial charge in [0.25, 0.3) is 5.78 Å². The van der Waals surface area contributed by atoms with Crippen molar-refractivity contribution < 1.29 is 26.8 Å². The summed E-state index contributed by atoms with van der Waals surface area (Å²) < 4.78 is 58.1. The third-order valence-corrected chi connectivity index (χ3v) is 4.18. The molecular weight excluding hydrogens is 348 g/mol. The second-order valence-electron chi connectivity index (χ2n) is 5.80. The molecule has 0 N–H and O–H groups in total. The van der Waals surface area contributed by atoms with Crippen molar-refractivity contribution in [3.05, 3.63) is 72.0 Å². The summed E-state index contributed by atoms with van der Waals surface area (Å²) in [6.45, 7) is 0. The average molecular weight is 358 g/mol. The van der Waals surface area contributed by atoms with Gasteiger partial charge in [0, 0.05) is 11.1 Å². The summed E-state index contributed by atoms with van der Waals surface area (Å²) in [5.74, 6) is -2.29. The van der Waals surface area contributed by atoms with Gasteiger partial charge in [0.05, 0.1) is 5.56 Å². The highest BCUT2D eigenvalue weighted by atomic mass is 19.4. The summed E-state index contributed by atoms with van der Waals surface area (Å²) >= 11 is 0. The molecule has 2 aromatic rings. The Bertz CT molecular complexity index is 1090. The summed E-state index contributed by atoms with van der Waals surface area (Å²) in [6, 6.07) is 14.9. The summed E-state index contributed by atoms with van der Waals surface area (Å²) in [5, 5.41) is 0.689. The van der Waals surface area contributed by atoms with Crippen molar-refractivity contribution in [2.24, 2.45) is 0 Å².